The van der Waals surface area contributed by atoms with E-state index in [0.29, 0.717) is 10.8 Å². The minimum Gasteiger partial charge on any atom is -0.325 e. The number of carbonyl (C=O) groups excluding carboxylic acids is 1. The molecule has 0 saturated heterocycles. The molecule has 144 valence electrons. The largest absolute Gasteiger partial charge is 0.325 e. The summed E-state index contributed by atoms with van der Waals surface area (Å²) >= 11 is 1.19. The third kappa shape index (κ3) is 4.71. The molecule has 1 amide bonds. The Hall–Kier alpha value is -3.27. The van der Waals surface area contributed by atoms with Crippen LogP contribution < -0.4 is 5.32 Å². The van der Waals surface area contributed by atoms with Gasteiger partial charge >= 0.3 is 0 Å². The molecule has 0 aliphatic rings. The van der Waals surface area contributed by atoms with Gasteiger partial charge in [-0.2, -0.15) is 5.10 Å². The Morgan fingerprint density at radius 3 is 2.89 bits per heavy atom. The van der Waals surface area contributed by atoms with E-state index in [0.717, 1.165) is 23.5 Å². The van der Waals surface area contributed by atoms with Crippen LogP contribution in [0.25, 0.3) is 11.3 Å². The zero-order chi connectivity index (χ0) is 20.1. The number of rotatable bonds is 7. The van der Waals surface area contributed by atoms with Crippen molar-refractivity contribution in [3.05, 3.63) is 58.5 Å². The predicted molar refractivity (Wildman–Crippen MR) is 106 cm³/mol. The molecule has 1 aromatic carbocycles. The van der Waals surface area contributed by atoms with Gasteiger partial charge in [-0.25, -0.2) is 9.97 Å². The van der Waals surface area contributed by atoms with E-state index in [2.05, 4.69) is 20.4 Å². The molecule has 0 radical (unpaired) electrons. The number of hydrogen-bond acceptors (Lipinski definition) is 7. The van der Waals surface area contributed by atoms with Crippen molar-refractivity contribution in [1.29, 1.82) is 0 Å². The fourth-order valence-electron chi connectivity index (χ4n) is 2.52. The number of non-ortho nitro benzene ring substituents is 1. The normalized spacial score (nSPS) is 10.6. The van der Waals surface area contributed by atoms with Crippen molar-refractivity contribution in [3.8, 4) is 11.3 Å². The summed E-state index contributed by atoms with van der Waals surface area (Å²) in [5, 5.41) is 18.3. The van der Waals surface area contributed by atoms with E-state index < -0.39 is 4.92 Å². The third-order valence-corrected chi connectivity index (χ3v) is 4.71. The van der Waals surface area contributed by atoms with Gasteiger partial charge in [0.2, 0.25) is 5.91 Å². The van der Waals surface area contributed by atoms with Crippen LogP contribution in [0.1, 0.15) is 12.6 Å². The first-order chi connectivity index (χ1) is 13.5. The average molecular weight is 398 g/mol. The molecule has 1 N–H and O–H groups in total. The highest BCUT2D eigenvalue weighted by atomic mass is 32.2. The first kappa shape index (κ1) is 19.5. The number of carbonyl (C=O) groups is 1. The van der Waals surface area contributed by atoms with E-state index >= 15 is 0 Å². The fraction of sp³-hybridized carbons (Fsp3) is 0.222. The van der Waals surface area contributed by atoms with E-state index in [-0.39, 0.29) is 17.3 Å². The Kier molecular flexibility index (Phi) is 5.99. The van der Waals surface area contributed by atoms with E-state index in [1.165, 1.54) is 30.0 Å². The summed E-state index contributed by atoms with van der Waals surface area (Å²) in [4.78, 5) is 31.1. The number of nitro benzene ring substituents is 1. The van der Waals surface area contributed by atoms with Gasteiger partial charge in [0.05, 0.1) is 22.1 Å². The summed E-state index contributed by atoms with van der Waals surface area (Å²) in [7, 11) is 0. The number of amides is 1. The Labute approximate surface area is 165 Å². The second-order valence-electron chi connectivity index (χ2n) is 5.85. The van der Waals surface area contributed by atoms with Gasteiger partial charge in [0, 0.05) is 42.3 Å². The lowest BCUT2D eigenvalue weighted by Gasteiger charge is -2.05. The van der Waals surface area contributed by atoms with Crippen LogP contribution in [-0.2, 0) is 11.3 Å². The molecule has 0 saturated carbocycles. The molecule has 9 nitrogen and oxygen atoms in total. The summed E-state index contributed by atoms with van der Waals surface area (Å²) in [6.45, 7) is 4.70. The van der Waals surface area contributed by atoms with Crippen molar-refractivity contribution in [2.75, 3.05) is 11.1 Å². The number of nitrogens with one attached hydrogen (secondary N) is 1. The van der Waals surface area contributed by atoms with Crippen molar-refractivity contribution in [2.24, 2.45) is 0 Å². The van der Waals surface area contributed by atoms with Crippen molar-refractivity contribution >= 4 is 29.0 Å². The number of anilines is 1. The second-order valence-corrected chi connectivity index (χ2v) is 6.80. The van der Waals surface area contributed by atoms with E-state index in [1.807, 2.05) is 24.7 Å². The Morgan fingerprint density at radius 2 is 2.18 bits per heavy atom. The van der Waals surface area contributed by atoms with E-state index in [4.69, 9.17) is 0 Å². The molecule has 0 bridgehead atoms. The predicted octanol–water partition coefficient (Wildman–Crippen LogP) is 3.31. The van der Waals surface area contributed by atoms with Crippen LogP contribution in [0.4, 0.5) is 11.4 Å². The molecule has 10 heteroatoms. The zero-order valence-corrected chi connectivity index (χ0v) is 16.1. The number of aryl methyl sites for hydroxylation is 2. The maximum atomic E-state index is 12.1. The van der Waals surface area contributed by atoms with Gasteiger partial charge in [-0.1, -0.05) is 17.8 Å². The van der Waals surface area contributed by atoms with Crippen LogP contribution in [0.2, 0.25) is 0 Å². The lowest BCUT2D eigenvalue weighted by molar-refractivity contribution is -0.384. The first-order valence-corrected chi connectivity index (χ1v) is 9.49. The summed E-state index contributed by atoms with van der Waals surface area (Å²) in [6.07, 6.45) is 3.58. The van der Waals surface area contributed by atoms with Gasteiger partial charge in [0.1, 0.15) is 0 Å². The van der Waals surface area contributed by atoms with Crippen LogP contribution in [0.3, 0.4) is 0 Å². The minimum atomic E-state index is -0.508. The summed E-state index contributed by atoms with van der Waals surface area (Å²) in [5.74, 6) is -0.214. The highest BCUT2D eigenvalue weighted by molar-refractivity contribution is 7.99. The highest BCUT2D eigenvalue weighted by Gasteiger charge is 2.12. The van der Waals surface area contributed by atoms with E-state index in [1.54, 1.807) is 18.3 Å². The van der Waals surface area contributed by atoms with Gasteiger partial charge in [0.25, 0.3) is 5.69 Å². The number of nitrogens with zero attached hydrogens (tertiary/aromatic N) is 5. The van der Waals surface area contributed by atoms with Crippen LogP contribution in [-0.4, -0.2) is 36.3 Å². The number of benzene rings is 1. The van der Waals surface area contributed by atoms with Crippen LogP contribution in [0.15, 0.2) is 47.9 Å². The fourth-order valence-corrected chi connectivity index (χ4v) is 3.15. The smallest absolute Gasteiger partial charge is 0.271 e. The van der Waals surface area contributed by atoms with Gasteiger partial charge in [-0.15, -0.1) is 0 Å². The molecule has 0 unspecified atom stereocenters. The summed E-state index contributed by atoms with van der Waals surface area (Å²) in [6, 6.07) is 7.60. The quantitative estimate of drug-likeness (QED) is 0.281. The Bertz CT molecular complexity index is 1020. The van der Waals surface area contributed by atoms with Crippen molar-refractivity contribution in [2.45, 2.75) is 25.5 Å². The topological polar surface area (TPSA) is 116 Å². The average Bonchev–Trinajstić information content (AvgIpc) is 3.08. The summed E-state index contributed by atoms with van der Waals surface area (Å²) < 4.78 is 1.84. The Balaban J connectivity index is 1.64. The third-order valence-electron chi connectivity index (χ3n) is 3.85. The van der Waals surface area contributed by atoms with Gasteiger partial charge in [-0.3, -0.25) is 19.6 Å². The molecule has 2 heterocycles. The summed E-state index contributed by atoms with van der Waals surface area (Å²) in [5.41, 5.74) is 2.84. The minimum absolute atomic E-state index is 0.0792. The molecular weight excluding hydrogens is 380 g/mol. The van der Waals surface area contributed by atoms with Gasteiger partial charge in [-0.05, 0) is 26.0 Å². The Morgan fingerprint density at radius 1 is 1.36 bits per heavy atom. The monoisotopic (exact) mass is 398 g/mol. The van der Waals surface area contributed by atoms with Crippen LogP contribution >= 0.6 is 11.8 Å². The maximum absolute atomic E-state index is 12.1. The highest BCUT2D eigenvalue weighted by Crippen LogP contribution is 2.23. The molecule has 0 fully saturated rings. The van der Waals surface area contributed by atoms with Gasteiger partial charge in [0.15, 0.2) is 5.16 Å². The van der Waals surface area contributed by atoms with Crippen molar-refractivity contribution in [3.63, 3.8) is 0 Å². The van der Waals surface area contributed by atoms with E-state index in [9.17, 15) is 14.9 Å². The second kappa shape index (κ2) is 8.61. The molecule has 3 aromatic rings. The molecule has 0 aliphatic carbocycles. The molecule has 3 rings (SSSR count). The van der Waals surface area contributed by atoms with Crippen LogP contribution in [0.5, 0.6) is 0 Å². The number of nitro groups is 1. The number of aromatic nitrogens is 4. The standard InChI is InChI=1S/C18H18N6O3S/c1-3-23-10-15(12(2)22-23)16-7-8-19-18(21-16)28-11-17(25)20-13-5-4-6-14(9-13)24(26)27/h4-10H,3,11H2,1-2H3,(H,20,25). The molecule has 2 aromatic heterocycles. The SMILES string of the molecule is CCn1cc(-c2ccnc(SCC(=O)Nc3cccc([N+](=O)[O-])c3)n2)c(C)n1. The number of thioether (sulfide) groups is 1. The number of hydrogen-bond donors (Lipinski definition) is 1. The first-order valence-electron chi connectivity index (χ1n) is 8.51. The lowest BCUT2D eigenvalue weighted by atomic mass is 10.2. The lowest BCUT2D eigenvalue weighted by Crippen LogP contribution is -2.14. The molecule has 28 heavy (non-hydrogen) atoms. The molecule has 0 aliphatic heterocycles. The molecular formula is C18H18N6O3S. The zero-order valence-electron chi connectivity index (χ0n) is 15.3. The maximum Gasteiger partial charge on any atom is 0.271 e. The van der Waals surface area contributed by atoms with Crippen molar-refractivity contribution < 1.29 is 9.72 Å². The van der Waals surface area contributed by atoms with Crippen molar-refractivity contribution in [1.82, 2.24) is 19.7 Å². The van der Waals surface area contributed by atoms with Crippen LogP contribution in [0, 0.1) is 17.0 Å². The molecule has 0 atom stereocenters. The molecule has 0 spiro atoms. The van der Waals surface area contributed by atoms with Gasteiger partial charge < -0.3 is 5.32 Å².